The van der Waals surface area contributed by atoms with E-state index in [4.69, 9.17) is 0 Å². The summed E-state index contributed by atoms with van der Waals surface area (Å²) in [5.74, 6) is -132. The van der Waals surface area contributed by atoms with Crippen LogP contribution in [0.25, 0.3) is 0 Å². The van der Waals surface area contributed by atoms with E-state index in [0.29, 0.717) is 9.80 Å². The van der Waals surface area contributed by atoms with Crippen LogP contribution in [0.5, 0.6) is 24.0 Å². The van der Waals surface area contributed by atoms with Gasteiger partial charge in [0, 0.05) is 11.1 Å². The van der Waals surface area contributed by atoms with Gasteiger partial charge in [-0.2, -0.15) is 213 Å². The van der Waals surface area contributed by atoms with Gasteiger partial charge >= 0.3 is 144 Å². The molecular weight excluding hydrogens is 1760 g/mol. The first-order chi connectivity index (χ1) is 52.9. The maximum Gasteiger partial charge on any atom is 0.460 e. The van der Waals surface area contributed by atoms with E-state index in [9.17, 15) is 158 Å². The van der Waals surface area contributed by atoms with Crippen molar-refractivity contribution in [1.82, 2.24) is 49.8 Å². The Balaban J connectivity index is 1.02. The molecule has 12 rings (SSSR count). The van der Waals surface area contributed by atoms with Crippen molar-refractivity contribution in [1.29, 1.82) is 0 Å². The molecule has 0 unspecified atom stereocenters. The van der Waals surface area contributed by atoms with Gasteiger partial charge in [-0.25, -0.2) is 19.9 Å². The molecule has 0 atom stereocenters. The molecule has 0 aliphatic heterocycles. The van der Waals surface area contributed by atoms with Crippen LogP contribution >= 0.6 is 0 Å². The maximum absolute atomic E-state index is 16.4. The minimum atomic E-state index is -7.74. The summed E-state index contributed by atoms with van der Waals surface area (Å²) in [6.45, 7) is -14.3. The van der Waals surface area contributed by atoms with E-state index in [-0.39, 0.29) is 63.3 Å². The number of halogens is 44. The Kier molecular flexibility index (Phi) is 22.1. The molecule has 8 aliphatic rings. The lowest BCUT2D eigenvalue weighted by atomic mass is 9.52. The zero-order chi connectivity index (χ0) is 89.4. The fourth-order valence-corrected chi connectivity index (χ4v) is 15.5. The summed E-state index contributed by atoms with van der Waals surface area (Å²) in [4.78, 5) is 30.3. The van der Waals surface area contributed by atoms with E-state index < -0.39 is 290 Å². The van der Waals surface area contributed by atoms with Gasteiger partial charge in [0.1, 0.15) is 0 Å². The number of hydrogen-bond acceptors (Lipinski definition) is 16. The SMILES string of the molecule is FC(F)(F)C(F)(F)C(F)(F)C(F)(F)COc1nc(OCC(F)(F)C(F)(F)C(F)(F)C(F)(F)F)nc(N(c2cnc(C(F)(F)C(F)(F)C(F)(F)C(F)(F)c3ncc(N(c4nc(OCC(F)(F)C(F)(F)C(F)(F)C(F)(F)F)nc(OCC(F)(F)C(F)(F)C(F)(F)C(F)(F)F)n4)C45CC6CC(CC(C6)C4)C5)cn3)nc2)C23CC4CC(CC(C4)C2)C3)n1. The molecule has 0 spiro atoms. The highest BCUT2D eigenvalue weighted by atomic mass is 19.5. The third kappa shape index (κ3) is 14.8. The molecule has 666 valence electrons. The van der Waals surface area contributed by atoms with Crippen LogP contribution in [0.2, 0.25) is 0 Å². The number of aromatic nitrogens is 10. The molecule has 8 saturated carbocycles. The number of nitrogens with zero attached hydrogens (tertiary/aromatic N) is 12. The Hall–Kier alpha value is -8.10. The van der Waals surface area contributed by atoms with Crippen LogP contribution in [-0.2, 0) is 11.8 Å². The molecule has 4 heterocycles. The monoisotopic (exact) mass is 1810 g/mol. The molecule has 8 bridgehead atoms. The number of rotatable bonds is 31. The van der Waals surface area contributed by atoms with Gasteiger partial charge < -0.3 is 28.7 Å². The highest BCUT2D eigenvalue weighted by molar-refractivity contribution is 5.61. The van der Waals surface area contributed by atoms with Gasteiger partial charge in [-0.05, 0) is 113 Å². The van der Waals surface area contributed by atoms with E-state index >= 15 is 35.1 Å². The third-order valence-corrected chi connectivity index (χ3v) is 20.4. The Morgan fingerprint density at radius 3 is 0.602 bits per heavy atom. The molecule has 4 aromatic heterocycles. The van der Waals surface area contributed by atoms with Crippen molar-refractivity contribution < 1.29 is 212 Å². The summed E-state index contributed by atoms with van der Waals surface area (Å²) in [5.41, 5.74) is -6.53. The first kappa shape index (κ1) is 92.2. The maximum atomic E-state index is 16.4. The molecule has 8 aliphatic carbocycles. The van der Waals surface area contributed by atoms with Crippen LogP contribution < -0.4 is 28.7 Å². The second-order valence-corrected chi connectivity index (χ2v) is 28.7. The lowest BCUT2D eigenvalue weighted by molar-refractivity contribution is -0.398. The average molecular weight is 1810 g/mol. The van der Waals surface area contributed by atoms with Gasteiger partial charge in [0.15, 0.2) is 26.4 Å². The Morgan fingerprint density at radius 2 is 0.432 bits per heavy atom. The first-order valence-corrected chi connectivity index (χ1v) is 32.5. The van der Waals surface area contributed by atoms with Gasteiger partial charge in [0.2, 0.25) is 23.5 Å². The molecule has 118 heavy (non-hydrogen) atoms. The lowest BCUT2D eigenvalue weighted by Crippen LogP contribution is -2.62. The van der Waals surface area contributed by atoms with Crippen LogP contribution in [0.3, 0.4) is 0 Å². The number of alkyl halides is 44. The van der Waals surface area contributed by atoms with E-state index in [1.54, 1.807) is 0 Å². The topological polar surface area (TPSA) is 172 Å². The van der Waals surface area contributed by atoms with E-state index in [0.717, 1.165) is 0 Å². The molecule has 0 N–H and O–H groups in total. The summed E-state index contributed by atoms with van der Waals surface area (Å²) in [6.07, 6.45) is -32.4. The van der Waals surface area contributed by atoms with Crippen LogP contribution in [0.4, 0.5) is 216 Å². The van der Waals surface area contributed by atoms with Gasteiger partial charge in [-0.15, -0.1) is 9.97 Å². The Labute approximate surface area is 624 Å². The van der Waals surface area contributed by atoms with E-state index in [1.807, 2.05) is 0 Å². The van der Waals surface area contributed by atoms with Crippen LogP contribution in [0.1, 0.15) is 88.7 Å². The molecule has 16 nitrogen and oxygen atoms in total. The summed E-state index contributed by atoms with van der Waals surface area (Å²) < 4.78 is 648. The molecular formula is C58H42F44N12O4. The van der Waals surface area contributed by atoms with Crippen molar-refractivity contribution in [3.63, 3.8) is 0 Å². The van der Waals surface area contributed by atoms with E-state index in [2.05, 4.69) is 68.8 Å². The summed E-state index contributed by atoms with van der Waals surface area (Å²) in [7, 11) is 0. The zero-order valence-corrected chi connectivity index (χ0v) is 56.7. The minimum Gasteiger partial charge on any atom is -0.457 e. The molecule has 0 amide bonds. The van der Waals surface area contributed by atoms with Crippen LogP contribution in [0.15, 0.2) is 24.8 Å². The molecule has 8 fully saturated rings. The molecule has 4 aromatic rings. The second-order valence-electron chi connectivity index (χ2n) is 28.7. The van der Waals surface area contributed by atoms with Crippen molar-refractivity contribution in [3.8, 4) is 24.0 Å². The summed E-state index contributed by atoms with van der Waals surface area (Å²) >= 11 is 0. The van der Waals surface area contributed by atoms with Crippen molar-refractivity contribution >= 4 is 23.3 Å². The number of ether oxygens (including phenoxy) is 4. The van der Waals surface area contributed by atoms with Crippen LogP contribution in [0, 0.1) is 35.5 Å². The predicted octanol–water partition coefficient (Wildman–Crippen LogP) is 19.4. The summed E-state index contributed by atoms with van der Waals surface area (Å²) in [5, 5.41) is 0. The van der Waals surface area contributed by atoms with Gasteiger partial charge in [-0.1, -0.05) is 0 Å². The predicted molar refractivity (Wildman–Crippen MR) is 293 cm³/mol. The largest absolute Gasteiger partial charge is 0.460 e. The molecule has 0 saturated heterocycles. The highest BCUT2D eigenvalue weighted by Crippen LogP contribution is 2.65. The van der Waals surface area contributed by atoms with Crippen molar-refractivity contribution in [2.45, 2.75) is 208 Å². The smallest absolute Gasteiger partial charge is 0.457 e. The highest BCUT2D eigenvalue weighted by Gasteiger charge is 2.87. The van der Waals surface area contributed by atoms with Crippen molar-refractivity contribution in [2.24, 2.45) is 35.5 Å². The zero-order valence-electron chi connectivity index (χ0n) is 56.7. The van der Waals surface area contributed by atoms with Crippen molar-refractivity contribution in [2.75, 3.05) is 36.2 Å². The van der Waals surface area contributed by atoms with Gasteiger partial charge in [-0.3, -0.25) is 0 Å². The number of anilines is 4. The fraction of sp³-hybridized carbons (Fsp3) is 0.759. The quantitative estimate of drug-likeness (QED) is 0.0435. The molecule has 0 aromatic carbocycles. The third-order valence-electron chi connectivity index (χ3n) is 20.4. The Bertz CT molecular complexity index is 3830. The van der Waals surface area contributed by atoms with Crippen molar-refractivity contribution in [3.05, 3.63) is 36.4 Å². The normalized spacial score (nSPS) is 23.9. The minimum absolute atomic E-state index is 0.215. The average Bonchev–Trinajstić information content (AvgIpc) is 0.715. The Morgan fingerprint density at radius 1 is 0.254 bits per heavy atom. The van der Waals surface area contributed by atoms with E-state index in [1.165, 1.54) is 0 Å². The summed E-state index contributed by atoms with van der Waals surface area (Å²) in [6, 6.07) is -9.46. The van der Waals surface area contributed by atoms with Gasteiger partial charge in [0.05, 0.1) is 36.2 Å². The molecule has 60 heteroatoms. The second kappa shape index (κ2) is 28.2. The first-order valence-electron chi connectivity index (χ1n) is 32.5. The standard InChI is InChI=1S/C58H42F44N12O4/c59-39(60,45(71,72)51(83,84)55(91,92)93)17-115-33-107-31(108-34(111-33)116-18-40(61,62)46(73,74)52(85,86)56(94,95)96)113(37-7-21-1-22(8-37)3-23(2-21)9-37)27-13-103-29(104-14-27)43(67,68)49(79,80)50(81,82)44(69,70)30-105-15-28(16-106-30)114(38-10-24-4-25(11-38)6-26(5-24)12-38)32-109-35(117-19-41(63,64)47(75,76)53(87,88)57(97,98)99)112-36(110-32)118-20-42(65,66)48(77,78)54(89,90)58(100,101)102/h13-16,21-26H,1-12,17-20H2. The fourth-order valence-electron chi connectivity index (χ4n) is 15.5. The molecule has 0 radical (unpaired) electrons. The van der Waals surface area contributed by atoms with Gasteiger partial charge in [0.25, 0.3) is 0 Å². The lowest BCUT2D eigenvalue weighted by Gasteiger charge is -2.60. The number of hydrogen-bond donors (Lipinski definition) is 0. The van der Waals surface area contributed by atoms with Crippen LogP contribution in [-0.4, -0.2) is 195 Å².